The van der Waals surface area contributed by atoms with E-state index < -0.39 is 17.7 Å². The molecule has 0 amide bonds. The Labute approximate surface area is 174 Å². The summed E-state index contributed by atoms with van der Waals surface area (Å²) in [6.07, 6.45) is 0. The summed E-state index contributed by atoms with van der Waals surface area (Å²) in [6, 6.07) is 15.3. The number of benzene rings is 2. The first-order valence-electron chi connectivity index (χ1n) is 9.37. The molecule has 0 saturated carbocycles. The van der Waals surface area contributed by atoms with Crippen molar-refractivity contribution < 1.29 is 23.4 Å². The number of carbonyl (C=O) groups excluding carboxylic acids is 1. The first-order valence-corrected chi connectivity index (χ1v) is 9.37. The van der Waals surface area contributed by atoms with Crippen LogP contribution in [0.4, 0.5) is 4.39 Å². The molecule has 0 fully saturated rings. The minimum Gasteiger partial charge on any atom is -0.486 e. The van der Waals surface area contributed by atoms with Gasteiger partial charge in [-0.15, -0.1) is 0 Å². The zero-order chi connectivity index (χ0) is 21.7. The van der Waals surface area contributed by atoms with Crippen molar-refractivity contribution >= 4 is 5.97 Å². The van der Waals surface area contributed by atoms with Gasteiger partial charge in [-0.1, -0.05) is 36.4 Å². The first kappa shape index (κ1) is 20.9. The molecule has 1 unspecified atom stereocenters. The minimum atomic E-state index is -0.704. The monoisotopic (exact) mass is 408 g/mol. The van der Waals surface area contributed by atoms with Gasteiger partial charge in [0.15, 0.2) is 11.6 Å². The molecule has 154 valence electrons. The van der Waals surface area contributed by atoms with Crippen LogP contribution in [-0.2, 0) is 20.9 Å². The van der Waals surface area contributed by atoms with Crippen molar-refractivity contribution in [3.8, 4) is 11.8 Å². The molecule has 1 atom stereocenters. The normalized spacial score (nSPS) is 16.0. The number of carbonyl (C=O) groups is 1. The number of rotatable bonds is 6. The lowest BCUT2D eigenvalue weighted by atomic mass is 9.83. The van der Waals surface area contributed by atoms with Crippen LogP contribution in [0.25, 0.3) is 0 Å². The zero-order valence-corrected chi connectivity index (χ0v) is 16.6. The third-order valence-corrected chi connectivity index (χ3v) is 4.64. The van der Waals surface area contributed by atoms with Crippen molar-refractivity contribution in [1.82, 2.24) is 0 Å². The van der Waals surface area contributed by atoms with Crippen molar-refractivity contribution in [2.24, 2.45) is 5.73 Å². The number of ether oxygens (including phenoxy) is 3. The maximum atomic E-state index is 13.7. The van der Waals surface area contributed by atoms with Gasteiger partial charge in [0.25, 0.3) is 0 Å². The fourth-order valence-corrected chi connectivity index (χ4v) is 3.22. The summed E-state index contributed by atoms with van der Waals surface area (Å²) in [5.41, 5.74) is 7.74. The Kier molecular flexibility index (Phi) is 6.38. The fraction of sp³-hybridized carbons (Fsp3) is 0.217. The van der Waals surface area contributed by atoms with Gasteiger partial charge in [-0.25, -0.2) is 9.18 Å². The van der Waals surface area contributed by atoms with Crippen molar-refractivity contribution in [1.29, 1.82) is 5.26 Å². The predicted octanol–water partition coefficient (Wildman–Crippen LogP) is 4.05. The second kappa shape index (κ2) is 9.14. The summed E-state index contributed by atoms with van der Waals surface area (Å²) in [5.74, 6) is -1.29. The number of nitrogens with zero attached hydrogens (tertiary/aromatic N) is 1. The summed E-state index contributed by atoms with van der Waals surface area (Å²) in [6.45, 7) is 3.66. The number of allylic oxidation sites excluding steroid dienone is 2. The molecule has 0 radical (unpaired) electrons. The number of hydrogen-bond acceptors (Lipinski definition) is 6. The molecule has 2 aromatic rings. The molecule has 3 rings (SSSR count). The summed E-state index contributed by atoms with van der Waals surface area (Å²) in [4.78, 5) is 12.5. The molecule has 0 aliphatic carbocycles. The number of hydrogen-bond donors (Lipinski definition) is 1. The number of esters is 1. The van der Waals surface area contributed by atoms with Gasteiger partial charge in [0.05, 0.1) is 18.1 Å². The van der Waals surface area contributed by atoms with Crippen molar-refractivity contribution in [3.63, 3.8) is 0 Å². The molecule has 2 N–H and O–H groups in total. The molecule has 1 aliphatic rings. The largest absolute Gasteiger partial charge is 0.486 e. The SMILES string of the molecule is CCOC(=O)C1=C(C)OC(N)=C(C#N)C1c1ccc(COc2ccccc2F)cc1. The molecular weight excluding hydrogens is 387 g/mol. The van der Waals surface area contributed by atoms with E-state index in [0.29, 0.717) is 11.3 Å². The smallest absolute Gasteiger partial charge is 0.338 e. The molecule has 1 heterocycles. The Morgan fingerprint density at radius 1 is 1.23 bits per heavy atom. The van der Waals surface area contributed by atoms with E-state index in [1.807, 2.05) is 6.07 Å². The van der Waals surface area contributed by atoms with E-state index in [2.05, 4.69) is 0 Å². The summed E-state index contributed by atoms with van der Waals surface area (Å²) < 4.78 is 29.8. The Morgan fingerprint density at radius 3 is 2.57 bits per heavy atom. The molecule has 30 heavy (non-hydrogen) atoms. The predicted molar refractivity (Wildman–Crippen MR) is 107 cm³/mol. The van der Waals surface area contributed by atoms with Crippen molar-refractivity contribution in [2.75, 3.05) is 6.61 Å². The van der Waals surface area contributed by atoms with Crippen LogP contribution in [0.3, 0.4) is 0 Å². The van der Waals surface area contributed by atoms with Crippen LogP contribution in [0.1, 0.15) is 30.9 Å². The molecule has 1 aliphatic heterocycles. The average molecular weight is 408 g/mol. The van der Waals surface area contributed by atoms with Gasteiger partial charge in [0, 0.05) is 0 Å². The van der Waals surface area contributed by atoms with E-state index in [1.54, 1.807) is 56.3 Å². The number of nitrogens with two attached hydrogens (primary N) is 1. The topological polar surface area (TPSA) is 94.6 Å². The highest BCUT2D eigenvalue weighted by Gasteiger charge is 2.36. The van der Waals surface area contributed by atoms with Gasteiger partial charge in [0.2, 0.25) is 5.88 Å². The molecule has 0 aromatic heterocycles. The zero-order valence-electron chi connectivity index (χ0n) is 16.6. The highest BCUT2D eigenvalue weighted by atomic mass is 19.1. The summed E-state index contributed by atoms with van der Waals surface area (Å²) in [7, 11) is 0. The van der Waals surface area contributed by atoms with E-state index in [4.69, 9.17) is 19.9 Å². The van der Waals surface area contributed by atoms with E-state index in [-0.39, 0.29) is 36.0 Å². The van der Waals surface area contributed by atoms with Crippen molar-refractivity contribution in [2.45, 2.75) is 26.4 Å². The second-order valence-corrected chi connectivity index (χ2v) is 6.58. The molecule has 7 heteroatoms. The van der Waals surface area contributed by atoms with E-state index >= 15 is 0 Å². The van der Waals surface area contributed by atoms with Crippen LogP contribution in [0, 0.1) is 17.1 Å². The van der Waals surface area contributed by atoms with E-state index in [0.717, 1.165) is 5.56 Å². The Balaban J connectivity index is 1.88. The van der Waals surface area contributed by atoms with E-state index in [1.165, 1.54) is 6.07 Å². The van der Waals surface area contributed by atoms with Crippen LogP contribution in [-0.4, -0.2) is 12.6 Å². The lowest BCUT2D eigenvalue weighted by Gasteiger charge is -2.27. The minimum absolute atomic E-state index is 0.0417. The highest BCUT2D eigenvalue weighted by molar-refractivity contribution is 5.92. The second-order valence-electron chi connectivity index (χ2n) is 6.58. The summed E-state index contributed by atoms with van der Waals surface area (Å²) in [5, 5.41) is 9.60. The van der Waals surface area contributed by atoms with Gasteiger partial charge < -0.3 is 19.9 Å². The van der Waals surface area contributed by atoms with E-state index in [9.17, 15) is 14.4 Å². The van der Waals surface area contributed by atoms with Gasteiger partial charge in [-0.05, 0) is 37.1 Å². The van der Waals surface area contributed by atoms with Crippen LogP contribution in [0.5, 0.6) is 5.75 Å². The third kappa shape index (κ3) is 4.28. The fourth-order valence-electron chi connectivity index (χ4n) is 3.22. The maximum absolute atomic E-state index is 13.7. The Morgan fingerprint density at radius 2 is 1.93 bits per heavy atom. The Hall–Kier alpha value is -3.79. The lowest BCUT2D eigenvalue weighted by molar-refractivity contribution is -0.139. The van der Waals surface area contributed by atoms with Gasteiger partial charge >= 0.3 is 5.97 Å². The van der Waals surface area contributed by atoms with Crippen LogP contribution >= 0.6 is 0 Å². The lowest BCUT2D eigenvalue weighted by Crippen LogP contribution is -2.25. The molecular formula is C23H21FN2O4. The molecule has 6 nitrogen and oxygen atoms in total. The Bertz CT molecular complexity index is 1050. The molecule has 0 saturated heterocycles. The number of para-hydroxylation sites is 1. The van der Waals surface area contributed by atoms with Crippen molar-refractivity contribution in [3.05, 3.63) is 88.3 Å². The van der Waals surface area contributed by atoms with Crippen LogP contribution in [0.15, 0.2) is 71.3 Å². The molecule has 0 bridgehead atoms. The van der Waals surface area contributed by atoms with Gasteiger partial charge in [-0.2, -0.15) is 5.26 Å². The third-order valence-electron chi connectivity index (χ3n) is 4.64. The quantitative estimate of drug-likeness (QED) is 0.725. The van der Waals surface area contributed by atoms with Crippen LogP contribution in [0.2, 0.25) is 0 Å². The summed E-state index contributed by atoms with van der Waals surface area (Å²) >= 11 is 0. The standard InChI is InChI=1S/C23H21FN2O4/c1-3-28-23(27)20-14(2)30-22(26)17(12-25)21(20)16-10-8-15(9-11-16)13-29-19-7-5-4-6-18(19)24/h4-11,21H,3,13,26H2,1-2H3. The van der Waals surface area contributed by atoms with Gasteiger partial charge in [-0.3, -0.25) is 0 Å². The molecule has 0 spiro atoms. The number of nitriles is 1. The average Bonchev–Trinajstić information content (AvgIpc) is 2.73. The molecule has 2 aromatic carbocycles. The van der Waals surface area contributed by atoms with Crippen LogP contribution < -0.4 is 10.5 Å². The maximum Gasteiger partial charge on any atom is 0.338 e. The van der Waals surface area contributed by atoms with Gasteiger partial charge in [0.1, 0.15) is 24.0 Å². The first-order chi connectivity index (χ1) is 14.5. The highest BCUT2D eigenvalue weighted by Crippen LogP contribution is 2.39. The number of halogens is 1.